The van der Waals surface area contributed by atoms with Crippen LogP contribution in [0.15, 0.2) is 133 Å². The number of aliphatic hydroxyl groups excluding tert-OH is 1. The van der Waals surface area contributed by atoms with Crippen molar-refractivity contribution < 1.29 is 29.0 Å². The summed E-state index contributed by atoms with van der Waals surface area (Å²) in [7, 11) is 0. The van der Waals surface area contributed by atoms with Crippen LogP contribution in [0.5, 0.6) is 5.75 Å². The van der Waals surface area contributed by atoms with Crippen LogP contribution in [-0.4, -0.2) is 110 Å². The molecule has 2 saturated heterocycles. The third kappa shape index (κ3) is 11.9. The Labute approximate surface area is 474 Å². The van der Waals surface area contributed by atoms with Gasteiger partial charge in [-0.05, 0) is 85.5 Å². The molecule has 5 aromatic heterocycles. The Morgan fingerprint density at radius 3 is 1.59 bits per heavy atom. The molecule has 4 amide bonds. The number of carbonyl (C=O) groups excluding carboxylic acids is 4. The number of hydrogen-bond donors (Lipinski definition) is 3. The minimum atomic E-state index is -0.872. The fourth-order valence-electron chi connectivity index (χ4n) is 11.0. The highest BCUT2D eigenvalue weighted by Crippen LogP contribution is 2.35. The molecule has 3 aromatic carbocycles. The average Bonchev–Trinajstić information content (AvgIpc) is 4.34. The van der Waals surface area contributed by atoms with Gasteiger partial charge in [0.2, 0.25) is 23.6 Å². The minimum Gasteiger partial charge on any atom is -0.488 e. The first-order valence-electron chi connectivity index (χ1n) is 27.2. The molecule has 0 saturated carbocycles. The van der Waals surface area contributed by atoms with Crippen LogP contribution in [0, 0.1) is 25.7 Å². The standard InChI is InChI=1S/C61H67N11O6S2/c1-35(2)54(60(76)69-31-49(73)24-52(69)58(74)67-37(5)41-14-18-43(19-15-41)56-39(7)63-33-79-56)71-29-47(27-65-71)45-11-9-13-50(23-45)78-51-25-53(59(75)68-38(6)42-16-20-44(21-17-42)57-40(8)64-34-80-57)70(32-51)61(77)55(36(3)4)72-30-48(28-66-72)46-12-10-22-62-26-46/h9-23,26-30,33-38,49,51-55,73H,24-25,31-32H2,1-8H3,(H,67,74)(H,68,75)/t37-,38-,49+,51+,52-,53-,54-,55-/m0/s1. The van der Waals surface area contributed by atoms with E-state index in [1.54, 1.807) is 61.7 Å². The molecule has 8 aromatic rings. The number of benzene rings is 3. The highest BCUT2D eigenvalue weighted by molar-refractivity contribution is 7.13. The van der Waals surface area contributed by atoms with Gasteiger partial charge in [-0.1, -0.05) is 94.4 Å². The molecule has 0 radical (unpaired) electrons. The number of likely N-dealkylation sites (tertiary alicyclic amines) is 2. The molecule has 10 rings (SSSR count). The number of aryl methyl sites for hydroxylation is 2. The number of aliphatic hydroxyl groups is 1. The van der Waals surface area contributed by atoms with Gasteiger partial charge in [-0.25, -0.2) is 9.97 Å². The molecule has 0 unspecified atom stereocenters. The highest BCUT2D eigenvalue weighted by Gasteiger charge is 2.45. The monoisotopic (exact) mass is 1110 g/mol. The van der Waals surface area contributed by atoms with Gasteiger partial charge in [-0.2, -0.15) is 10.2 Å². The van der Waals surface area contributed by atoms with Crippen molar-refractivity contribution in [1.29, 1.82) is 0 Å². The van der Waals surface area contributed by atoms with Crippen LogP contribution < -0.4 is 15.4 Å². The van der Waals surface area contributed by atoms with Crippen LogP contribution in [0.4, 0.5) is 0 Å². The topological polar surface area (TPSA) is 203 Å². The Morgan fingerprint density at radius 2 is 1.10 bits per heavy atom. The van der Waals surface area contributed by atoms with E-state index >= 15 is 4.79 Å². The molecule has 80 heavy (non-hydrogen) atoms. The van der Waals surface area contributed by atoms with Gasteiger partial charge in [0.1, 0.15) is 36.0 Å². The van der Waals surface area contributed by atoms with Gasteiger partial charge in [0, 0.05) is 60.9 Å². The first-order chi connectivity index (χ1) is 38.5. The Kier molecular flexibility index (Phi) is 16.5. The lowest BCUT2D eigenvalue weighted by Gasteiger charge is -2.30. The summed E-state index contributed by atoms with van der Waals surface area (Å²) < 4.78 is 10.0. The number of aromatic nitrogens is 7. The van der Waals surface area contributed by atoms with Crippen molar-refractivity contribution in [3.05, 3.63) is 156 Å². The number of rotatable bonds is 18. The number of nitrogens with one attached hydrogen (secondary N) is 2. The number of amides is 4. The second-order valence-electron chi connectivity index (χ2n) is 21.7. The zero-order valence-electron chi connectivity index (χ0n) is 46.1. The van der Waals surface area contributed by atoms with Crippen molar-refractivity contribution in [2.45, 2.75) is 117 Å². The van der Waals surface area contributed by atoms with Crippen LogP contribution in [0.3, 0.4) is 0 Å². The van der Waals surface area contributed by atoms with E-state index in [2.05, 4.69) is 30.7 Å². The van der Waals surface area contributed by atoms with Crippen LogP contribution in [-0.2, 0) is 19.2 Å². The molecule has 19 heteroatoms. The normalized spacial score (nSPS) is 18.8. The van der Waals surface area contributed by atoms with E-state index < -0.39 is 36.4 Å². The van der Waals surface area contributed by atoms with E-state index in [4.69, 9.17) is 9.84 Å². The van der Waals surface area contributed by atoms with Gasteiger partial charge >= 0.3 is 0 Å². The molecule has 7 heterocycles. The molecule has 2 aliphatic rings. The van der Waals surface area contributed by atoms with E-state index in [0.717, 1.165) is 65.6 Å². The van der Waals surface area contributed by atoms with Crippen molar-refractivity contribution in [2.75, 3.05) is 13.1 Å². The maximum absolute atomic E-state index is 15.0. The number of nitrogens with zero attached hydrogens (tertiary/aromatic N) is 9. The molecule has 8 atom stereocenters. The largest absolute Gasteiger partial charge is 0.488 e. The van der Waals surface area contributed by atoms with Gasteiger partial charge in [0.25, 0.3) is 0 Å². The molecule has 0 spiro atoms. The summed E-state index contributed by atoms with van der Waals surface area (Å²) in [4.78, 5) is 76.5. The summed E-state index contributed by atoms with van der Waals surface area (Å²) in [5.41, 5.74) is 12.7. The van der Waals surface area contributed by atoms with Crippen molar-refractivity contribution in [3.8, 4) is 48.9 Å². The predicted molar refractivity (Wildman–Crippen MR) is 309 cm³/mol. The van der Waals surface area contributed by atoms with E-state index in [-0.39, 0.29) is 73.5 Å². The molecule has 3 N–H and O–H groups in total. The zero-order valence-corrected chi connectivity index (χ0v) is 47.8. The molecule has 0 aliphatic carbocycles. The molecule has 414 valence electrons. The summed E-state index contributed by atoms with van der Waals surface area (Å²) in [5.74, 6) is -1.05. The summed E-state index contributed by atoms with van der Waals surface area (Å²) in [6, 6.07) is 23.5. The van der Waals surface area contributed by atoms with Crippen molar-refractivity contribution in [2.24, 2.45) is 11.8 Å². The predicted octanol–water partition coefficient (Wildman–Crippen LogP) is 9.83. The van der Waals surface area contributed by atoms with E-state index in [1.165, 1.54) is 4.90 Å². The maximum atomic E-state index is 15.0. The number of β-amino-alcohol motifs (C(OH)–C–C–N with tert-alkyl or cyclic N) is 1. The lowest BCUT2D eigenvalue weighted by atomic mass is 10.0. The molecule has 17 nitrogen and oxygen atoms in total. The molecular weight excluding hydrogens is 1050 g/mol. The molecule has 2 aliphatic heterocycles. The van der Waals surface area contributed by atoms with Crippen LogP contribution in [0.25, 0.3) is 43.1 Å². The third-order valence-corrected chi connectivity index (χ3v) is 17.2. The minimum absolute atomic E-state index is 0.0211. The fraction of sp³-hybridized carbons (Fsp3) is 0.361. The quantitative estimate of drug-likeness (QED) is 0.0738. The number of thiazole rings is 2. The van der Waals surface area contributed by atoms with Gasteiger partial charge in [-0.15, -0.1) is 22.7 Å². The van der Waals surface area contributed by atoms with Crippen LogP contribution in [0.1, 0.15) is 101 Å². The number of ether oxygens (including phenoxy) is 1. The number of pyridine rings is 1. The second kappa shape index (κ2) is 23.8. The van der Waals surface area contributed by atoms with Crippen molar-refractivity contribution >= 4 is 46.3 Å². The van der Waals surface area contributed by atoms with Crippen molar-refractivity contribution in [1.82, 2.24) is 54.9 Å². The summed E-state index contributed by atoms with van der Waals surface area (Å²) in [6.45, 7) is 15.8. The van der Waals surface area contributed by atoms with Crippen molar-refractivity contribution in [3.63, 3.8) is 0 Å². The molecular formula is C61H67N11O6S2. The Bertz CT molecular complexity index is 3460. The molecule has 2 fully saturated rings. The van der Waals surface area contributed by atoms with E-state index in [0.29, 0.717) is 5.75 Å². The van der Waals surface area contributed by atoms with Crippen LogP contribution >= 0.6 is 22.7 Å². The Hall–Kier alpha value is -7.87. The summed E-state index contributed by atoms with van der Waals surface area (Å²) in [5, 5.41) is 26.6. The van der Waals surface area contributed by atoms with Gasteiger partial charge in [-0.3, -0.25) is 33.5 Å². The fourth-order valence-corrected chi connectivity index (χ4v) is 12.6. The lowest BCUT2D eigenvalue weighted by Crippen LogP contribution is -2.49. The maximum Gasteiger partial charge on any atom is 0.248 e. The second-order valence-corrected chi connectivity index (χ2v) is 23.4. The summed E-state index contributed by atoms with van der Waals surface area (Å²) in [6.07, 6.45) is 9.49. The first kappa shape index (κ1) is 55.4. The summed E-state index contributed by atoms with van der Waals surface area (Å²) >= 11 is 3.17. The van der Waals surface area contributed by atoms with Crippen LogP contribution in [0.2, 0.25) is 0 Å². The average molecular weight is 1110 g/mol. The third-order valence-electron chi connectivity index (χ3n) is 15.3. The molecule has 0 bridgehead atoms. The lowest BCUT2D eigenvalue weighted by molar-refractivity contribution is -0.142. The van der Waals surface area contributed by atoms with E-state index in [9.17, 15) is 19.5 Å². The van der Waals surface area contributed by atoms with Gasteiger partial charge in [0.05, 0.1) is 69.3 Å². The van der Waals surface area contributed by atoms with E-state index in [1.807, 2.05) is 164 Å². The first-order valence-corrected chi connectivity index (χ1v) is 28.9. The number of hydrogen-bond acceptors (Lipinski definition) is 13. The Balaban J connectivity index is 0.844. The SMILES string of the molecule is Cc1ncsc1-c1ccc([C@H](C)NC(=O)[C@@H]2C[C@@H](O)CN2C(=O)[C@H](C(C)C)n2cc(-c3cccc(O[C@@H]4C[C@@H](C(=O)N[C@@H](C)c5ccc(-c6scnc6C)cc5)N(C(=O)[C@H](C(C)C)n5cc(-c6cccnc6)cn5)C4)c3)cn2)cc1. The smallest absolute Gasteiger partial charge is 0.248 e. The Morgan fingerprint density at radius 1 is 0.600 bits per heavy atom. The van der Waals surface area contributed by atoms with Gasteiger partial charge < -0.3 is 30.3 Å². The van der Waals surface area contributed by atoms with Gasteiger partial charge in [0.15, 0.2) is 0 Å². The number of carbonyl (C=O) groups is 4. The highest BCUT2D eigenvalue weighted by atomic mass is 32.1. The zero-order chi connectivity index (χ0) is 56.4.